The van der Waals surface area contributed by atoms with Crippen LogP contribution in [-0.2, 0) is 6.18 Å². The average Bonchev–Trinajstić information content (AvgIpc) is 2.39. The summed E-state index contributed by atoms with van der Waals surface area (Å²) in [6.45, 7) is 0. The number of carbonyl (C=O) groups excluding carboxylic acids is 1. The molecule has 0 saturated heterocycles. The van der Waals surface area contributed by atoms with Crippen LogP contribution in [0.5, 0.6) is 0 Å². The van der Waals surface area contributed by atoms with Crippen LogP contribution in [0.3, 0.4) is 0 Å². The standard InChI is InChI=1S/C13H8BrF3N2O/c14-9-3-6-11(18-7-9)12(20)19-10-4-1-8(2-5-10)13(15,16)17/h1-7H,(H,19,20). The summed E-state index contributed by atoms with van der Waals surface area (Å²) in [5.74, 6) is -0.489. The molecule has 0 aliphatic heterocycles. The van der Waals surface area contributed by atoms with E-state index in [1.807, 2.05) is 0 Å². The highest BCUT2D eigenvalue weighted by Gasteiger charge is 2.29. The second-order valence-corrected chi connectivity index (χ2v) is 4.81. The van der Waals surface area contributed by atoms with Gasteiger partial charge in [0.05, 0.1) is 5.56 Å². The van der Waals surface area contributed by atoms with E-state index in [2.05, 4.69) is 26.2 Å². The van der Waals surface area contributed by atoms with E-state index in [0.29, 0.717) is 0 Å². The average molecular weight is 345 g/mol. The number of hydrogen-bond donors (Lipinski definition) is 1. The van der Waals surface area contributed by atoms with Crippen molar-refractivity contribution in [3.8, 4) is 0 Å². The van der Waals surface area contributed by atoms with Gasteiger partial charge >= 0.3 is 6.18 Å². The lowest BCUT2D eigenvalue weighted by Gasteiger charge is -2.08. The minimum atomic E-state index is -4.39. The normalized spacial score (nSPS) is 11.2. The molecule has 0 bridgehead atoms. The first-order valence-corrected chi connectivity index (χ1v) is 6.26. The first-order valence-electron chi connectivity index (χ1n) is 5.46. The Morgan fingerprint density at radius 3 is 2.25 bits per heavy atom. The van der Waals surface area contributed by atoms with Crippen molar-refractivity contribution in [1.82, 2.24) is 4.98 Å². The molecule has 0 aliphatic carbocycles. The third kappa shape index (κ3) is 3.57. The van der Waals surface area contributed by atoms with Crippen molar-refractivity contribution in [1.29, 1.82) is 0 Å². The zero-order chi connectivity index (χ0) is 14.8. The molecule has 1 N–H and O–H groups in total. The maximum atomic E-state index is 12.4. The third-order valence-electron chi connectivity index (χ3n) is 2.43. The van der Waals surface area contributed by atoms with Crippen LogP contribution in [0.1, 0.15) is 16.1 Å². The van der Waals surface area contributed by atoms with Crippen LogP contribution in [0.4, 0.5) is 18.9 Å². The number of nitrogens with zero attached hydrogens (tertiary/aromatic N) is 1. The summed E-state index contributed by atoms with van der Waals surface area (Å²) in [6.07, 6.45) is -2.93. The largest absolute Gasteiger partial charge is 0.416 e. The van der Waals surface area contributed by atoms with E-state index in [-0.39, 0.29) is 11.4 Å². The van der Waals surface area contributed by atoms with E-state index in [1.165, 1.54) is 24.4 Å². The molecule has 0 atom stereocenters. The van der Waals surface area contributed by atoms with Gasteiger partial charge in [0.2, 0.25) is 0 Å². The summed E-state index contributed by atoms with van der Waals surface area (Å²) in [4.78, 5) is 15.7. The minimum absolute atomic E-state index is 0.174. The van der Waals surface area contributed by atoms with Gasteiger partial charge in [0.1, 0.15) is 5.69 Å². The molecule has 0 aliphatic rings. The maximum Gasteiger partial charge on any atom is 0.416 e. The number of nitrogens with one attached hydrogen (secondary N) is 1. The molecule has 0 fully saturated rings. The summed E-state index contributed by atoms with van der Waals surface area (Å²) in [5, 5.41) is 2.47. The first kappa shape index (κ1) is 14.5. The Labute approximate surface area is 121 Å². The lowest BCUT2D eigenvalue weighted by molar-refractivity contribution is -0.137. The highest BCUT2D eigenvalue weighted by Crippen LogP contribution is 2.29. The highest BCUT2D eigenvalue weighted by atomic mass is 79.9. The molecule has 7 heteroatoms. The maximum absolute atomic E-state index is 12.4. The van der Waals surface area contributed by atoms with Crippen molar-refractivity contribution in [3.05, 3.63) is 58.3 Å². The van der Waals surface area contributed by atoms with Crippen molar-refractivity contribution in [2.24, 2.45) is 0 Å². The molecule has 0 spiro atoms. The van der Waals surface area contributed by atoms with Gasteiger partial charge in [0.25, 0.3) is 5.91 Å². The predicted octanol–water partition coefficient (Wildman–Crippen LogP) is 4.12. The number of alkyl halides is 3. The summed E-state index contributed by atoms with van der Waals surface area (Å²) >= 11 is 3.19. The SMILES string of the molecule is O=C(Nc1ccc(C(F)(F)F)cc1)c1ccc(Br)cn1. The van der Waals surface area contributed by atoms with Crippen LogP contribution < -0.4 is 5.32 Å². The third-order valence-corrected chi connectivity index (χ3v) is 2.90. The number of anilines is 1. The molecular formula is C13H8BrF3N2O. The lowest BCUT2D eigenvalue weighted by atomic mass is 10.2. The zero-order valence-electron chi connectivity index (χ0n) is 9.91. The highest BCUT2D eigenvalue weighted by molar-refractivity contribution is 9.10. The van der Waals surface area contributed by atoms with Gasteiger partial charge < -0.3 is 5.32 Å². The van der Waals surface area contributed by atoms with Gasteiger partial charge in [0.15, 0.2) is 0 Å². The molecular weight excluding hydrogens is 337 g/mol. The number of hydrogen-bond acceptors (Lipinski definition) is 2. The second kappa shape index (κ2) is 5.62. The smallest absolute Gasteiger partial charge is 0.321 e. The molecule has 104 valence electrons. The predicted molar refractivity (Wildman–Crippen MR) is 71.3 cm³/mol. The molecule has 1 aromatic heterocycles. The summed E-state index contributed by atoms with van der Waals surface area (Å²) < 4.78 is 37.9. The Bertz CT molecular complexity index is 609. The van der Waals surface area contributed by atoms with Gasteiger partial charge in [-0.2, -0.15) is 13.2 Å². The molecule has 1 aromatic carbocycles. The van der Waals surface area contributed by atoms with Gasteiger partial charge in [-0.1, -0.05) is 0 Å². The summed E-state index contributed by atoms with van der Waals surface area (Å²) in [6, 6.07) is 7.35. The molecule has 20 heavy (non-hydrogen) atoms. The van der Waals surface area contributed by atoms with Crippen molar-refractivity contribution >= 4 is 27.5 Å². The second-order valence-electron chi connectivity index (χ2n) is 3.89. The van der Waals surface area contributed by atoms with Crippen LogP contribution in [0.2, 0.25) is 0 Å². The number of amides is 1. The van der Waals surface area contributed by atoms with E-state index in [4.69, 9.17) is 0 Å². The van der Waals surface area contributed by atoms with E-state index in [0.717, 1.165) is 16.6 Å². The number of benzene rings is 1. The van der Waals surface area contributed by atoms with Crippen LogP contribution in [0, 0.1) is 0 Å². The molecule has 0 unspecified atom stereocenters. The van der Waals surface area contributed by atoms with Gasteiger partial charge in [-0.15, -0.1) is 0 Å². The van der Waals surface area contributed by atoms with Crippen LogP contribution in [0.15, 0.2) is 47.1 Å². The topological polar surface area (TPSA) is 42.0 Å². The monoisotopic (exact) mass is 344 g/mol. The fourth-order valence-electron chi connectivity index (χ4n) is 1.45. The number of halogens is 4. The Morgan fingerprint density at radius 2 is 1.75 bits per heavy atom. The van der Waals surface area contributed by atoms with E-state index >= 15 is 0 Å². The Hall–Kier alpha value is -1.89. The van der Waals surface area contributed by atoms with E-state index in [1.54, 1.807) is 6.07 Å². The number of rotatable bonds is 2. The van der Waals surface area contributed by atoms with Crippen molar-refractivity contribution in [3.63, 3.8) is 0 Å². The minimum Gasteiger partial charge on any atom is -0.321 e. The van der Waals surface area contributed by atoms with Crippen LogP contribution >= 0.6 is 15.9 Å². The summed E-state index contributed by atoms with van der Waals surface area (Å²) in [7, 11) is 0. The fourth-order valence-corrected chi connectivity index (χ4v) is 1.68. The Morgan fingerprint density at radius 1 is 1.10 bits per heavy atom. The molecule has 0 saturated carbocycles. The van der Waals surface area contributed by atoms with Crippen molar-refractivity contribution < 1.29 is 18.0 Å². The van der Waals surface area contributed by atoms with Gasteiger partial charge in [-0.3, -0.25) is 4.79 Å². The fraction of sp³-hybridized carbons (Fsp3) is 0.0769. The Kier molecular flexibility index (Phi) is 4.08. The van der Waals surface area contributed by atoms with Gasteiger partial charge in [-0.05, 0) is 52.3 Å². The van der Waals surface area contributed by atoms with Crippen LogP contribution in [0.25, 0.3) is 0 Å². The number of carbonyl (C=O) groups is 1. The summed E-state index contributed by atoms with van der Waals surface area (Å²) in [5.41, 5.74) is -0.321. The van der Waals surface area contributed by atoms with E-state index < -0.39 is 17.6 Å². The molecule has 0 radical (unpaired) electrons. The Balaban J connectivity index is 2.10. The molecule has 1 amide bonds. The zero-order valence-corrected chi connectivity index (χ0v) is 11.5. The van der Waals surface area contributed by atoms with Crippen molar-refractivity contribution in [2.75, 3.05) is 5.32 Å². The molecule has 1 heterocycles. The quantitative estimate of drug-likeness (QED) is 0.890. The molecule has 3 nitrogen and oxygen atoms in total. The number of aromatic nitrogens is 1. The van der Waals surface area contributed by atoms with Crippen molar-refractivity contribution in [2.45, 2.75) is 6.18 Å². The number of pyridine rings is 1. The lowest BCUT2D eigenvalue weighted by Crippen LogP contribution is -2.13. The first-order chi connectivity index (χ1) is 9.36. The van der Waals surface area contributed by atoms with E-state index in [9.17, 15) is 18.0 Å². The molecule has 2 aromatic rings. The van der Waals surface area contributed by atoms with Crippen LogP contribution in [-0.4, -0.2) is 10.9 Å². The molecule has 2 rings (SSSR count). The van der Waals surface area contributed by atoms with Gasteiger partial charge in [0, 0.05) is 16.4 Å². The van der Waals surface area contributed by atoms with Gasteiger partial charge in [-0.25, -0.2) is 4.98 Å².